The van der Waals surface area contributed by atoms with Crippen LogP contribution in [0.5, 0.6) is 0 Å². The van der Waals surface area contributed by atoms with Gasteiger partial charge in [-0.2, -0.15) is 0 Å². The lowest BCUT2D eigenvalue weighted by molar-refractivity contribution is 0.591. The minimum Gasteiger partial charge on any atom is -0.382 e. The number of rotatable bonds is 4. The van der Waals surface area contributed by atoms with Gasteiger partial charge in [0.25, 0.3) is 0 Å². The predicted molar refractivity (Wildman–Crippen MR) is 102 cm³/mol. The molecule has 0 radical (unpaired) electrons. The van der Waals surface area contributed by atoms with Gasteiger partial charge in [0.2, 0.25) is 0 Å². The first kappa shape index (κ1) is 16.5. The molecule has 1 unspecified atom stereocenters. The summed E-state index contributed by atoms with van der Waals surface area (Å²) in [6, 6.07) is 19.3. The lowest BCUT2D eigenvalue weighted by Crippen LogP contribution is -2.18. The van der Waals surface area contributed by atoms with Crippen LogP contribution in [0.1, 0.15) is 43.5 Å². The van der Waals surface area contributed by atoms with Crippen molar-refractivity contribution in [2.45, 2.75) is 40.3 Å². The van der Waals surface area contributed by atoms with Crippen LogP contribution >= 0.6 is 0 Å². The normalized spacial score (nSPS) is 17.4. The molecule has 0 spiro atoms. The molecule has 2 aromatic carbocycles. The van der Waals surface area contributed by atoms with Crippen LogP contribution in [0.2, 0.25) is 0 Å². The monoisotopic (exact) mass is 318 g/mol. The van der Waals surface area contributed by atoms with Gasteiger partial charge in [0.05, 0.1) is 0 Å². The maximum absolute atomic E-state index is 5.01. The summed E-state index contributed by atoms with van der Waals surface area (Å²) >= 11 is 0. The summed E-state index contributed by atoms with van der Waals surface area (Å²) < 4.78 is 0. The van der Waals surface area contributed by atoms with Gasteiger partial charge in [-0.3, -0.25) is 4.99 Å². The van der Waals surface area contributed by atoms with Crippen LogP contribution in [-0.4, -0.2) is 5.71 Å². The summed E-state index contributed by atoms with van der Waals surface area (Å²) in [6.07, 6.45) is 2.23. The molecule has 1 heterocycles. The van der Waals surface area contributed by atoms with E-state index in [0.717, 1.165) is 12.3 Å². The molecule has 0 fully saturated rings. The third kappa shape index (κ3) is 3.76. The van der Waals surface area contributed by atoms with Crippen molar-refractivity contribution in [3.05, 3.63) is 83.1 Å². The molecule has 1 atom stereocenters. The highest BCUT2D eigenvalue weighted by molar-refractivity contribution is 6.01. The number of hydrogen-bond acceptors (Lipinski definition) is 2. The second-order valence-corrected chi connectivity index (χ2v) is 7.52. The molecule has 24 heavy (non-hydrogen) atoms. The summed E-state index contributed by atoms with van der Waals surface area (Å²) in [5.41, 5.74) is 6.20. The first-order valence-corrected chi connectivity index (χ1v) is 8.58. The number of allylic oxidation sites excluding steroid dienone is 1. The Morgan fingerprint density at radius 1 is 0.958 bits per heavy atom. The Morgan fingerprint density at radius 2 is 1.62 bits per heavy atom. The van der Waals surface area contributed by atoms with E-state index >= 15 is 0 Å². The van der Waals surface area contributed by atoms with E-state index in [4.69, 9.17) is 4.99 Å². The van der Waals surface area contributed by atoms with Crippen molar-refractivity contribution in [2.24, 2.45) is 10.4 Å². The molecular formula is C22H26N2. The van der Waals surface area contributed by atoms with Gasteiger partial charge in [-0.05, 0) is 24.1 Å². The van der Waals surface area contributed by atoms with Crippen LogP contribution in [0.4, 0.5) is 0 Å². The third-order valence-corrected chi connectivity index (χ3v) is 4.36. The molecule has 1 aliphatic rings. The Labute approximate surface area is 145 Å². The average Bonchev–Trinajstić information content (AvgIpc) is 2.99. The Balaban J connectivity index is 1.85. The van der Waals surface area contributed by atoms with Crippen LogP contribution in [0.3, 0.4) is 0 Å². The Morgan fingerprint density at radius 3 is 2.25 bits per heavy atom. The van der Waals surface area contributed by atoms with Crippen LogP contribution < -0.4 is 5.32 Å². The fourth-order valence-electron chi connectivity index (χ4n) is 2.83. The van der Waals surface area contributed by atoms with Gasteiger partial charge in [-0.25, -0.2) is 0 Å². The molecule has 2 heteroatoms. The van der Waals surface area contributed by atoms with Gasteiger partial charge in [0, 0.05) is 23.4 Å². The van der Waals surface area contributed by atoms with Crippen molar-refractivity contribution in [1.29, 1.82) is 0 Å². The highest BCUT2D eigenvalue weighted by Gasteiger charge is 2.28. The molecule has 0 saturated heterocycles. The number of aliphatic imine (C=N–C) groups is 1. The second-order valence-electron chi connectivity index (χ2n) is 7.52. The fraction of sp³-hybridized carbons (Fsp3) is 0.318. The molecule has 0 saturated carbocycles. The average molecular weight is 318 g/mol. The van der Waals surface area contributed by atoms with Crippen LogP contribution in [0, 0.1) is 12.3 Å². The topological polar surface area (TPSA) is 24.4 Å². The molecule has 0 aromatic heterocycles. The quantitative estimate of drug-likeness (QED) is 0.822. The minimum absolute atomic E-state index is 0.0547. The van der Waals surface area contributed by atoms with Gasteiger partial charge in [-0.15, -0.1) is 0 Å². The van der Waals surface area contributed by atoms with E-state index in [-0.39, 0.29) is 11.5 Å². The van der Waals surface area contributed by atoms with Crippen molar-refractivity contribution >= 4 is 5.71 Å². The van der Waals surface area contributed by atoms with E-state index in [9.17, 15) is 0 Å². The van der Waals surface area contributed by atoms with E-state index < -0.39 is 0 Å². The van der Waals surface area contributed by atoms with Crippen LogP contribution in [0.15, 0.2) is 71.4 Å². The number of nitrogens with zero attached hydrogens (tertiary/aromatic N) is 1. The maximum atomic E-state index is 5.01. The largest absolute Gasteiger partial charge is 0.382 e. The van der Waals surface area contributed by atoms with Gasteiger partial charge < -0.3 is 5.32 Å². The Hall–Kier alpha value is -2.35. The molecule has 124 valence electrons. The molecule has 0 bridgehead atoms. The number of benzene rings is 2. The van der Waals surface area contributed by atoms with Crippen molar-refractivity contribution < 1.29 is 0 Å². The van der Waals surface area contributed by atoms with Gasteiger partial charge in [0.15, 0.2) is 0 Å². The smallest absolute Gasteiger partial charge is 0.115 e. The first-order valence-electron chi connectivity index (χ1n) is 8.58. The predicted octanol–water partition coefficient (Wildman–Crippen LogP) is 5.21. The molecule has 3 rings (SSSR count). The lowest BCUT2D eigenvalue weighted by Gasteiger charge is -2.17. The zero-order valence-corrected chi connectivity index (χ0v) is 15.0. The van der Waals surface area contributed by atoms with Gasteiger partial charge in [0.1, 0.15) is 6.04 Å². The van der Waals surface area contributed by atoms with Crippen molar-refractivity contribution in [1.82, 2.24) is 5.32 Å². The molecular weight excluding hydrogens is 292 g/mol. The first-order chi connectivity index (χ1) is 11.4. The summed E-state index contributed by atoms with van der Waals surface area (Å²) in [5.74, 6) is 0. The van der Waals surface area contributed by atoms with E-state index in [1.165, 1.54) is 22.4 Å². The van der Waals surface area contributed by atoms with Gasteiger partial charge in [-0.1, -0.05) is 80.9 Å². The number of hydrogen-bond donors (Lipinski definition) is 1. The highest BCUT2D eigenvalue weighted by Crippen LogP contribution is 2.34. The Kier molecular flexibility index (Phi) is 4.57. The zero-order valence-electron chi connectivity index (χ0n) is 15.0. The molecule has 1 N–H and O–H groups in total. The summed E-state index contributed by atoms with van der Waals surface area (Å²) in [5, 5.41) is 3.61. The highest BCUT2D eigenvalue weighted by atomic mass is 15.0. The van der Waals surface area contributed by atoms with Crippen molar-refractivity contribution in [2.75, 3.05) is 0 Å². The lowest BCUT2D eigenvalue weighted by atomic mass is 9.90. The van der Waals surface area contributed by atoms with E-state index in [0.29, 0.717) is 0 Å². The molecule has 2 nitrogen and oxygen atoms in total. The van der Waals surface area contributed by atoms with E-state index in [1.807, 2.05) is 6.07 Å². The standard InChI is InChI=1S/C22H26N2/c1-16-10-12-18(13-11-16)21-19(14-20(24-21)22(2,3)4)23-15-17-8-6-5-7-9-17/h5-14,21,23H,15H2,1-4H3. The van der Waals surface area contributed by atoms with Crippen LogP contribution in [-0.2, 0) is 6.54 Å². The Bertz CT molecular complexity index is 747. The molecule has 1 aliphatic heterocycles. The molecule has 0 amide bonds. The maximum Gasteiger partial charge on any atom is 0.115 e. The third-order valence-electron chi connectivity index (χ3n) is 4.36. The SMILES string of the molecule is Cc1ccc(C2N=C(C(C)(C)C)C=C2NCc2ccccc2)cc1. The van der Waals surface area contributed by atoms with Gasteiger partial charge >= 0.3 is 0 Å². The number of aryl methyl sites for hydroxylation is 1. The summed E-state index contributed by atoms with van der Waals surface area (Å²) in [7, 11) is 0. The zero-order chi connectivity index (χ0) is 17.2. The van der Waals surface area contributed by atoms with Crippen molar-refractivity contribution in [3.8, 4) is 0 Å². The van der Waals surface area contributed by atoms with Crippen molar-refractivity contribution in [3.63, 3.8) is 0 Å². The summed E-state index contributed by atoms with van der Waals surface area (Å²) in [4.78, 5) is 5.01. The second kappa shape index (κ2) is 6.64. The number of nitrogens with one attached hydrogen (secondary N) is 1. The minimum atomic E-state index is 0.0547. The van der Waals surface area contributed by atoms with E-state index in [1.54, 1.807) is 0 Å². The molecule has 2 aromatic rings. The molecule has 0 aliphatic carbocycles. The summed E-state index contributed by atoms with van der Waals surface area (Å²) in [6.45, 7) is 9.59. The fourth-order valence-corrected chi connectivity index (χ4v) is 2.83. The van der Waals surface area contributed by atoms with Crippen LogP contribution in [0.25, 0.3) is 0 Å². The van der Waals surface area contributed by atoms with E-state index in [2.05, 4.69) is 87.6 Å².